The molecule has 0 radical (unpaired) electrons. The molecule has 4 atom stereocenters. The minimum atomic E-state index is -1.25. The normalized spacial score (nSPS) is 24.3. The Labute approximate surface area is 168 Å². The summed E-state index contributed by atoms with van der Waals surface area (Å²) in [5.41, 5.74) is 5.89. The number of esters is 3. The molecule has 0 bridgehead atoms. The molecule has 0 aromatic carbocycles. The molecular formula is C16H20BrN3O8. The highest BCUT2D eigenvalue weighted by Crippen LogP contribution is 2.31. The zero-order valence-corrected chi connectivity index (χ0v) is 17.0. The molecule has 11 nitrogen and oxygen atoms in total. The number of carbonyl (C=O) groups excluding carboxylic acids is 4. The topological polar surface area (TPSA) is 149 Å². The van der Waals surface area contributed by atoms with Gasteiger partial charge in [-0.3, -0.25) is 19.2 Å². The molecule has 1 aromatic rings. The van der Waals surface area contributed by atoms with Gasteiger partial charge >= 0.3 is 17.9 Å². The van der Waals surface area contributed by atoms with E-state index in [9.17, 15) is 19.2 Å². The van der Waals surface area contributed by atoms with Crippen LogP contribution in [0.5, 0.6) is 0 Å². The molecule has 2 N–H and O–H groups in total. The SMILES string of the molecule is CC(=O)O[C@@H]1[C@H](OC(C)=O)[C@H](OC(C)=O)CO[C@H]1n1nc(CBr)cc1C(N)=O. The minimum absolute atomic E-state index is 0.00381. The maximum absolute atomic E-state index is 11.8. The molecule has 12 heteroatoms. The number of nitrogens with two attached hydrogens (primary N) is 1. The molecule has 1 amide bonds. The summed E-state index contributed by atoms with van der Waals surface area (Å²) in [5.74, 6) is -2.80. The maximum atomic E-state index is 11.8. The molecule has 1 aliphatic rings. The lowest BCUT2D eigenvalue weighted by atomic mass is 10.0. The number of hydrogen-bond donors (Lipinski definition) is 1. The highest BCUT2D eigenvalue weighted by molar-refractivity contribution is 9.08. The molecule has 1 aliphatic heterocycles. The van der Waals surface area contributed by atoms with Crippen LogP contribution in [0.25, 0.3) is 0 Å². The van der Waals surface area contributed by atoms with Crippen molar-refractivity contribution >= 4 is 39.7 Å². The quantitative estimate of drug-likeness (QED) is 0.355. The standard InChI is InChI=1S/C16H20BrN3O8/c1-7(21)26-12-6-25-16(14(28-9(3)23)13(12)27-8(2)22)20-11(15(18)24)4-10(5-17)19-20/h4,12-14,16H,5-6H2,1-3H3,(H2,18,24)/t12-,13-,14-,16-/m1/s1. The summed E-state index contributed by atoms with van der Waals surface area (Å²) in [6.07, 6.45) is -4.59. The van der Waals surface area contributed by atoms with E-state index in [1.54, 1.807) is 0 Å². The molecule has 154 valence electrons. The van der Waals surface area contributed by atoms with Gasteiger partial charge in [-0.2, -0.15) is 5.10 Å². The van der Waals surface area contributed by atoms with Crippen molar-refractivity contribution in [1.29, 1.82) is 0 Å². The van der Waals surface area contributed by atoms with Crippen LogP contribution in [0, 0.1) is 0 Å². The molecule has 2 heterocycles. The predicted octanol–water partition coefficient (Wildman–Crippen LogP) is 0.201. The Morgan fingerprint density at radius 3 is 2.21 bits per heavy atom. The second-order valence-corrected chi connectivity index (χ2v) is 6.54. The summed E-state index contributed by atoms with van der Waals surface area (Å²) in [7, 11) is 0. The number of carbonyl (C=O) groups is 4. The molecule has 0 aliphatic carbocycles. The molecule has 1 aromatic heterocycles. The van der Waals surface area contributed by atoms with Gasteiger partial charge in [-0.1, -0.05) is 15.9 Å². The smallest absolute Gasteiger partial charge is 0.303 e. The number of amides is 1. The summed E-state index contributed by atoms with van der Waals surface area (Å²) < 4.78 is 22.6. The van der Waals surface area contributed by atoms with Gasteiger partial charge in [-0.25, -0.2) is 4.68 Å². The predicted molar refractivity (Wildman–Crippen MR) is 95.0 cm³/mol. The average molecular weight is 462 g/mol. The number of alkyl halides is 1. The van der Waals surface area contributed by atoms with Crippen LogP contribution in [0.4, 0.5) is 0 Å². The number of rotatable bonds is 6. The van der Waals surface area contributed by atoms with E-state index in [1.165, 1.54) is 13.0 Å². The third-order valence-electron chi connectivity index (χ3n) is 3.74. The lowest BCUT2D eigenvalue weighted by Gasteiger charge is -2.40. The summed E-state index contributed by atoms with van der Waals surface area (Å²) >= 11 is 3.23. The summed E-state index contributed by atoms with van der Waals surface area (Å²) in [6.45, 7) is 3.30. The highest BCUT2D eigenvalue weighted by atomic mass is 79.9. The van der Waals surface area contributed by atoms with E-state index >= 15 is 0 Å². The Balaban J connectivity index is 2.50. The van der Waals surface area contributed by atoms with Crippen molar-refractivity contribution in [3.05, 3.63) is 17.5 Å². The van der Waals surface area contributed by atoms with E-state index in [-0.39, 0.29) is 12.3 Å². The Morgan fingerprint density at radius 1 is 1.14 bits per heavy atom. The Hall–Kier alpha value is -2.47. The third kappa shape index (κ3) is 5.07. The molecule has 1 fully saturated rings. The zero-order valence-electron chi connectivity index (χ0n) is 15.4. The molecule has 2 rings (SSSR count). The molecular weight excluding hydrogens is 442 g/mol. The van der Waals surface area contributed by atoms with E-state index in [1.807, 2.05) is 0 Å². The molecule has 0 unspecified atom stereocenters. The van der Waals surface area contributed by atoms with Gasteiger partial charge in [0.05, 0.1) is 12.3 Å². The van der Waals surface area contributed by atoms with Crippen molar-refractivity contribution < 1.29 is 38.1 Å². The van der Waals surface area contributed by atoms with E-state index in [4.69, 9.17) is 24.7 Å². The van der Waals surface area contributed by atoms with Crippen LogP contribution in [-0.4, -0.2) is 58.5 Å². The van der Waals surface area contributed by atoms with Gasteiger partial charge in [0.15, 0.2) is 24.5 Å². The maximum Gasteiger partial charge on any atom is 0.303 e. The Morgan fingerprint density at radius 2 is 1.71 bits per heavy atom. The van der Waals surface area contributed by atoms with Crippen molar-refractivity contribution in [2.24, 2.45) is 5.73 Å². The number of ether oxygens (including phenoxy) is 4. The minimum Gasteiger partial charge on any atom is -0.456 e. The zero-order chi connectivity index (χ0) is 21.0. The monoisotopic (exact) mass is 461 g/mol. The van der Waals surface area contributed by atoms with Crippen LogP contribution in [0.3, 0.4) is 0 Å². The summed E-state index contributed by atoms with van der Waals surface area (Å²) in [5, 5.41) is 4.56. The van der Waals surface area contributed by atoms with E-state index in [0.29, 0.717) is 11.0 Å². The number of nitrogens with zero attached hydrogens (tertiary/aromatic N) is 2. The Bertz CT molecular complexity index is 780. The third-order valence-corrected chi connectivity index (χ3v) is 4.32. The largest absolute Gasteiger partial charge is 0.456 e. The first kappa shape index (κ1) is 21.8. The summed E-state index contributed by atoms with van der Waals surface area (Å²) in [6, 6.07) is 1.45. The first-order valence-electron chi connectivity index (χ1n) is 8.21. The van der Waals surface area contributed by atoms with Crippen molar-refractivity contribution in [1.82, 2.24) is 9.78 Å². The van der Waals surface area contributed by atoms with Gasteiger partial charge in [-0.05, 0) is 6.07 Å². The van der Waals surface area contributed by atoms with Crippen molar-refractivity contribution in [2.75, 3.05) is 6.61 Å². The number of primary amides is 1. The second-order valence-electron chi connectivity index (χ2n) is 5.98. The van der Waals surface area contributed by atoms with Gasteiger partial charge in [0, 0.05) is 26.1 Å². The van der Waals surface area contributed by atoms with Gasteiger partial charge in [0.25, 0.3) is 5.91 Å². The van der Waals surface area contributed by atoms with E-state index in [2.05, 4.69) is 21.0 Å². The summed E-state index contributed by atoms with van der Waals surface area (Å²) in [4.78, 5) is 46.5. The fourth-order valence-electron chi connectivity index (χ4n) is 2.82. The van der Waals surface area contributed by atoms with Crippen molar-refractivity contribution in [2.45, 2.75) is 50.6 Å². The van der Waals surface area contributed by atoms with Gasteiger partial charge < -0.3 is 24.7 Å². The van der Waals surface area contributed by atoms with E-state index < -0.39 is 48.4 Å². The van der Waals surface area contributed by atoms with Crippen LogP contribution in [0.15, 0.2) is 6.07 Å². The first-order valence-corrected chi connectivity index (χ1v) is 9.33. The fraction of sp³-hybridized carbons (Fsp3) is 0.562. The molecule has 1 saturated heterocycles. The number of halogens is 1. The number of aromatic nitrogens is 2. The molecule has 0 saturated carbocycles. The molecule has 0 spiro atoms. The first-order chi connectivity index (χ1) is 13.1. The van der Waals surface area contributed by atoms with Crippen LogP contribution in [0.1, 0.15) is 43.2 Å². The van der Waals surface area contributed by atoms with Crippen LogP contribution in [-0.2, 0) is 38.7 Å². The lowest BCUT2D eigenvalue weighted by molar-refractivity contribution is -0.241. The number of hydrogen-bond acceptors (Lipinski definition) is 9. The fourth-order valence-corrected chi connectivity index (χ4v) is 3.09. The van der Waals surface area contributed by atoms with Crippen molar-refractivity contribution in [3.63, 3.8) is 0 Å². The van der Waals surface area contributed by atoms with Gasteiger partial charge in [-0.15, -0.1) is 0 Å². The Kier molecular flexibility index (Phi) is 7.13. The van der Waals surface area contributed by atoms with Gasteiger partial charge in [0.1, 0.15) is 5.69 Å². The average Bonchev–Trinajstić information content (AvgIpc) is 3.01. The lowest BCUT2D eigenvalue weighted by Crippen LogP contribution is -2.56. The van der Waals surface area contributed by atoms with Crippen LogP contribution in [0.2, 0.25) is 0 Å². The highest BCUT2D eigenvalue weighted by Gasteiger charge is 2.48. The molecule has 28 heavy (non-hydrogen) atoms. The van der Waals surface area contributed by atoms with Gasteiger partial charge in [0.2, 0.25) is 0 Å². The van der Waals surface area contributed by atoms with E-state index in [0.717, 1.165) is 18.5 Å². The van der Waals surface area contributed by atoms with Crippen molar-refractivity contribution in [3.8, 4) is 0 Å². The van der Waals surface area contributed by atoms with Crippen LogP contribution < -0.4 is 5.73 Å². The van der Waals surface area contributed by atoms with Crippen LogP contribution >= 0.6 is 15.9 Å². The second kappa shape index (κ2) is 9.15.